The fourth-order valence-corrected chi connectivity index (χ4v) is 3.05. The first kappa shape index (κ1) is 15.0. The standard InChI is InChI=1S/C14H11Br2NO3/c1-20-13-5-3-2-4-10(13)12(18)8-17-7-9(15)6-11(16)14(17)19/h2-7H,8H2,1H3. The van der Waals surface area contributed by atoms with Gasteiger partial charge in [-0.05, 0) is 50.1 Å². The number of pyridine rings is 1. The number of carbonyl (C=O) groups is 1. The van der Waals surface area contributed by atoms with Gasteiger partial charge in [-0.25, -0.2) is 0 Å². The summed E-state index contributed by atoms with van der Waals surface area (Å²) in [6.45, 7) is -0.0444. The molecule has 2 aromatic rings. The van der Waals surface area contributed by atoms with Crippen molar-refractivity contribution in [1.82, 2.24) is 4.57 Å². The largest absolute Gasteiger partial charge is 0.496 e. The van der Waals surface area contributed by atoms with Gasteiger partial charge in [0.05, 0.1) is 23.7 Å². The Labute approximate surface area is 132 Å². The van der Waals surface area contributed by atoms with Gasteiger partial charge in [0.15, 0.2) is 5.78 Å². The molecule has 0 fully saturated rings. The Morgan fingerprint density at radius 3 is 2.70 bits per heavy atom. The summed E-state index contributed by atoms with van der Waals surface area (Å²) in [6.07, 6.45) is 1.58. The molecule has 0 saturated heterocycles. The van der Waals surface area contributed by atoms with Gasteiger partial charge in [0.1, 0.15) is 5.75 Å². The molecule has 0 amide bonds. The van der Waals surface area contributed by atoms with Crippen molar-refractivity contribution in [3.63, 3.8) is 0 Å². The predicted molar refractivity (Wildman–Crippen MR) is 83.4 cm³/mol. The average Bonchev–Trinajstić information content (AvgIpc) is 2.44. The second-order valence-electron chi connectivity index (χ2n) is 4.06. The minimum Gasteiger partial charge on any atom is -0.496 e. The number of Topliss-reactive ketones (excluding diaryl/α,β-unsaturated/α-hetero) is 1. The van der Waals surface area contributed by atoms with E-state index in [1.54, 1.807) is 36.5 Å². The van der Waals surface area contributed by atoms with Gasteiger partial charge in [0.25, 0.3) is 5.56 Å². The van der Waals surface area contributed by atoms with Crippen molar-refractivity contribution in [2.24, 2.45) is 0 Å². The molecule has 4 nitrogen and oxygen atoms in total. The van der Waals surface area contributed by atoms with Crippen LogP contribution in [0.25, 0.3) is 0 Å². The van der Waals surface area contributed by atoms with Crippen molar-refractivity contribution in [3.8, 4) is 5.75 Å². The van der Waals surface area contributed by atoms with E-state index in [1.807, 2.05) is 0 Å². The highest BCUT2D eigenvalue weighted by Crippen LogP contribution is 2.19. The molecule has 6 heteroatoms. The number of carbonyl (C=O) groups excluding carboxylic acids is 1. The molecule has 0 bridgehead atoms. The van der Waals surface area contributed by atoms with Crippen LogP contribution in [-0.4, -0.2) is 17.5 Å². The fraction of sp³-hybridized carbons (Fsp3) is 0.143. The molecule has 2 rings (SSSR count). The molecule has 1 aromatic carbocycles. The lowest BCUT2D eigenvalue weighted by Crippen LogP contribution is -2.24. The number of ketones is 1. The number of rotatable bonds is 4. The maximum Gasteiger partial charge on any atom is 0.265 e. The van der Waals surface area contributed by atoms with E-state index in [-0.39, 0.29) is 17.9 Å². The van der Waals surface area contributed by atoms with Gasteiger partial charge in [0.2, 0.25) is 0 Å². The topological polar surface area (TPSA) is 48.3 Å². The summed E-state index contributed by atoms with van der Waals surface area (Å²) in [5, 5.41) is 0. The third kappa shape index (κ3) is 3.19. The van der Waals surface area contributed by atoms with Crippen LogP contribution in [0.15, 0.2) is 50.3 Å². The number of nitrogens with zero attached hydrogens (tertiary/aromatic N) is 1. The van der Waals surface area contributed by atoms with E-state index in [0.717, 1.165) is 4.47 Å². The molecule has 104 valence electrons. The number of methoxy groups -OCH3 is 1. The van der Waals surface area contributed by atoms with Crippen LogP contribution in [0.2, 0.25) is 0 Å². The summed E-state index contributed by atoms with van der Waals surface area (Å²) in [5.41, 5.74) is 0.203. The predicted octanol–water partition coefficient (Wildman–Crippen LogP) is 3.26. The lowest BCUT2D eigenvalue weighted by atomic mass is 10.1. The highest BCUT2D eigenvalue weighted by atomic mass is 79.9. The number of aromatic nitrogens is 1. The Hall–Kier alpha value is -1.40. The van der Waals surface area contributed by atoms with Gasteiger partial charge in [-0.3, -0.25) is 9.59 Å². The van der Waals surface area contributed by atoms with Gasteiger partial charge in [0, 0.05) is 10.7 Å². The summed E-state index contributed by atoms with van der Waals surface area (Å²) in [5.74, 6) is 0.314. The zero-order chi connectivity index (χ0) is 14.7. The van der Waals surface area contributed by atoms with Gasteiger partial charge < -0.3 is 9.30 Å². The number of hydrogen-bond acceptors (Lipinski definition) is 3. The van der Waals surface area contributed by atoms with E-state index >= 15 is 0 Å². The van der Waals surface area contributed by atoms with Crippen LogP contribution in [0.1, 0.15) is 10.4 Å². The Balaban J connectivity index is 2.35. The molecular weight excluding hydrogens is 390 g/mol. The van der Waals surface area contributed by atoms with Gasteiger partial charge >= 0.3 is 0 Å². The van der Waals surface area contributed by atoms with E-state index in [0.29, 0.717) is 15.8 Å². The molecule has 0 aliphatic heterocycles. The maximum atomic E-state index is 12.3. The SMILES string of the molecule is COc1ccccc1C(=O)Cn1cc(Br)cc(Br)c1=O. The maximum absolute atomic E-state index is 12.3. The minimum atomic E-state index is -0.253. The van der Waals surface area contributed by atoms with Crippen LogP contribution in [0.3, 0.4) is 0 Å². The van der Waals surface area contributed by atoms with Crippen molar-refractivity contribution in [2.45, 2.75) is 6.54 Å². The number of hydrogen-bond donors (Lipinski definition) is 0. The van der Waals surface area contributed by atoms with Crippen molar-refractivity contribution in [2.75, 3.05) is 7.11 Å². The third-order valence-corrected chi connectivity index (χ3v) is 3.73. The van der Waals surface area contributed by atoms with Gasteiger partial charge in [-0.15, -0.1) is 0 Å². The second kappa shape index (κ2) is 6.37. The second-order valence-corrected chi connectivity index (χ2v) is 5.83. The van der Waals surface area contributed by atoms with E-state index in [1.165, 1.54) is 11.7 Å². The lowest BCUT2D eigenvalue weighted by Gasteiger charge is -2.09. The van der Waals surface area contributed by atoms with Crippen molar-refractivity contribution >= 4 is 37.6 Å². The zero-order valence-corrected chi connectivity index (χ0v) is 13.8. The van der Waals surface area contributed by atoms with E-state index in [9.17, 15) is 9.59 Å². The van der Waals surface area contributed by atoms with Crippen molar-refractivity contribution < 1.29 is 9.53 Å². The van der Waals surface area contributed by atoms with Crippen molar-refractivity contribution in [1.29, 1.82) is 0 Å². The van der Waals surface area contributed by atoms with Crippen LogP contribution in [0, 0.1) is 0 Å². The van der Waals surface area contributed by atoms with Crippen LogP contribution >= 0.6 is 31.9 Å². The molecule has 0 atom stereocenters. The van der Waals surface area contributed by atoms with Gasteiger partial charge in [-0.2, -0.15) is 0 Å². The molecule has 1 heterocycles. The molecule has 0 aliphatic carbocycles. The molecule has 20 heavy (non-hydrogen) atoms. The van der Waals surface area contributed by atoms with E-state index in [2.05, 4.69) is 31.9 Å². The first-order valence-electron chi connectivity index (χ1n) is 5.74. The Morgan fingerprint density at radius 2 is 2.00 bits per heavy atom. The van der Waals surface area contributed by atoms with Crippen LogP contribution in [0.4, 0.5) is 0 Å². The molecule has 0 aliphatic rings. The summed E-state index contributed by atoms with van der Waals surface area (Å²) < 4.78 is 7.63. The normalized spacial score (nSPS) is 10.3. The Morgan fingerprint density at radius 1 is 1.30 bits per heavy atom. The van der Waals surface area contributed by atoms with Crippen LogP contribution in [0.5, 0.6) is 5.75 Å². The molecule has 0 unspecified atom stereocenters. The summed E-state index contributed by atoms with van der Waals surface area (Å²) in [7, 11) is 1.51. The van der Waals surface area contributed by atoms with E-state index < -0.39 is 0 Å². The summed E-state index contributed by atoms with van der Waals surface area (Å²) in [6, 6.07) is 8.59. The van der Waals surface area contributed by atoms with E-state index in [4.69, 9.17) is 4.74 Å². The number of benzene rings is 1. The van der Waals surface area contributed by atoms with Crippen LogP contribution in [-0.2, 0) is 6.54 Å². The summed E-state index contributed by atoms with van der Waals surface area (Å²) >= 11 is 6.47. The Bertz CT molecular complexity index is 710. The molecule has 0 N–H and O–H groups in total. The molecule has 0 spiro atoms. The first-order valence-corrected chi connectivity index (χ1v) is 7.33. The van der Waals surface area contributed by atoms with Gasteiger partial charge in [-0.1, -0.05) is 12.1 Å². The molecular formula is C14H11Br2NO3. The van der Waals surface area contributed by atoms with Crippen molar-refractivity contribution in [3.05, 3.63) is 61.4 Å². The quantitative estimate of drug-likeness (QED) is 0.740. The highest BCUT2D eigenvalue weighted by Gasteiger charge is 2.13. The zero-order valence-electron chi connectivity index (χ0n) is 10.6. The summed E-state index contributed by atoms with van der Waals surface area (Å²) in [4.78, 5) is 24.3. The highest BCUT2D eigenvalue weighted by molar-refractivity contribution is 9.11. The van der Waals surface area contributed by atoms with Crippen LogP contribution < -0.4 is 10.3 Å². The third-order valence-electron chi connectivity index (χ3n) is 2.73. The molecule has 1 aromatic heterocycles. The molecule has 0 saturated carbocycles. The first-order chi connectivity index (χ1) is 9.52. The average molecular weight is 401 g/mol. The molecule has 0 radical (unpaired) electrons. The Kier molecular flexibility index (Phi) is 4.77. The number of halogens is 2. The minimum absolute atomic E-state index is 0.0444. The monoisotopic (exact) mass is 399 g/mol. The number of ether oxygens (including phenoxy) is 1. The smallest absolute Gasteiger partial charge is 0.265 e. The lowest BCUT2D eigenvalue weighted by molar-refractivity contribution is 0.0967. The fourth-order valence-electron chi connectivity index (χ4n) is 1.80. The number of para-hydroxylation sites is 1.